The fourth-order valence-electron chi connectivity index (χ4n) is 1.87. The Kier molecular flexibility index (Phi) is 4.46. The quantitative estimate of drug-likeness (QED) is 0.514. The minimum atomic E-state index is -0.452. The Morgan fingerprint density at radius 2 is 2.14 bits per heavy atom. The molecule has 2 heterocycles. The number of aliphatic imine (C=N–C) groups is 1. The number of methoxy groups -OCH3 is 1. The molecule has 4 nitrogen and oxygen atoms in total. The summed E-state index contributed by atoms with van der Waals surface area (Å²) in [6.45, 7) is 0. The molecule has 1 aromatic carbocycles. The van der Waals surface area contributed by atoms with E-state index in [9.17, 15) is 4.79 Å². The molecule has 2 aromatic rings. The van der Waals surface area contributed by atoms with Crippen LogP contribution in [-0.4, -0.2) is 19.0 Å². The molecule has 0 spiro atoms. The number of rotatable bonds is 3. The lowest BCUT2D eigenvalue weighted by Gasteiger charge is -2.05. The molecule has 3 rings (SSSR count). The van der Waals surface area contributed by atoms with Gasteiger partial charge in [-0.25, -0.2) is 9.79 Å². The number of esters is 1. The average molecular weight is 443 g/mol. The van der Waals surface area contributed by atoms with Gasteiger partial charge < -0.3 is 9.47 Å². The topological polar surface area (TPSA) is 47.9 Å². The van der Waals surface area contributed by atoms with Gasteiger partial charge in [0.2, 0.25) is 5.90 Å². The molecule has 1 aromatic heterocycles. The van der Waals surface area contributed by atoms with E-state index in [0.29, 0.717) is 11.3 Å². The maximum Gasteiger partial charge on any atom is 0.363 e. The first kappa shape index (κ1) is 15.5. The van der Waals surface area contributed by atoms with Gasteiger partial charge in [-0.3, -0.25) is 0 Å². The molecule has 0 saturated heterocycles. The SMILES string of the molecule is COc1ccc(C2=N/C(=C\c3cc(Br)cs3)C(=O)O2)cc1Br. The van der Waals surface area contributed by atoms with Crippen LogP contribution in [0.2, 0.25) is 0 Å². The van der Waals surface area contributed by atoms with Gasteiger partial charge >= 0.3 is 5.97 Å². The van der Waals surface area contributed by atoms with E-state index in [1.54, 1.807) is 31.4 Å². The van der Waals surface area contributed by atoms with Crippen molar-refractivity contribution in [2.24, 2.45) is 4.99 Å². The maximum atomic E-state index is 11.9. The van der Waals surface area contributed by atoms with Gasteiger partial charge in [0.15, 0.2) is 5.70 Å². The Morgan fingerprint density at radius 3 is 2.77 bits per heavy atom. The number of hydrogen-bond acceptors (Lipinski definition) is 5. The van der Waals surface area contributed by atoms with Crippen molar-refractivity contribution in [3.8, 4) is 5.75 Å². The van der Waals surface area contributed by atoms with E-state index in [2.05, 4.69) is 36.9 Å². The van der Waals surface area contributed by atoms with Crippen LogP contribution in [0.5, 0.6) is 5.75 Å². The van der Waals surface area contributed by atoms with Gasteiger partial charge in [0.1, 0.15) is 5.75 Å². The second-order valence-electron chi connectivity index (χ2n) is 4.35. The second-order valence-corrected chi connectivity index (χ2v) is 7.07. The number of ether oxygens (including phenoxy) is 2. The molecule has 0 N–H and O–H groups in total. The lowest BCUT2D eigenvalue weighted by atomic mass is 10.2. The van der Waals surface area contributed by atoms with Gasteiger partial charge in [-0.1, -0.05) is 0 Å². The zero-order chi connectivity index (χ0) is 15.7. The number of carbonyl (C=O) groups excluding carboxylic acids is 1. The number of hydrogen-bond donors (Lipinski definition) is 0. The highest BCUT2D eigenvalue weighted by Crippen LogP contribution is 2.28. The van der Waals surface area contributed by atoms with Crippen molar-refractivity contribution in [2.75, 3.05) is 7.11 Å². The summed E-state index contributed by atoms with van der Waals surface area (Å²) in [5.74, 6) is 0.537. The van der Waals surface area contributed by atoms with E-state index in [0.717, 1.165) is 13.8 Å². The fraction of sp³-hybridized carbons (Fsp3) is 0.0667. The minimum Gasteiger partial charge on any atom is -0.496 e. The number of cyclic esters (lactones) is 1. The number of nitrogens with zero attached hydrogens (tertiary/aromatic N) is 1. The van der Waals surface area contributed by atoms with E-state index in [1.165, 1.54) is 11.3 Å². The highest BCUT2D eigenvalue weighted by molar-refractivity contribution is 9.10. The first-order chi connectivity index (χ1) is 10.6. The lowest BCUT2D eigenvalue weighted by molar-refractivity contribution is -0.129. The summed E-state index contributed by atoms with van der Waals surface area (Å²) < 4.78 is 12.2. The number of halogens is 2. The van der Waals surface area contributed by atoms with Gasteiger partial charge in [0, 0.05) is 20.3 Å². The molecule has 7 heteroatoms. The third-order valence-corrected chi connectivity index (χ3v) is 5.15. The normalized spacial score (nSPS) is 15.9. The Bertz CT molecular complexity index is 811. The number of carbonyl (C=O) groups is 1. The molecule has 22 heavy (non-hydrogen) atoms. The largest absolute Gasteiger partial charge is 0.496 e. The summed E-state index contributed by atoms with van der Waals surface area (Å²) in [7, 11) is 1.59. The first-order valence-corrected chi connectivity index (χ1v) is 8.64. The van der Waals surface area contributed by atoms with Crippen LogP contribution in [0.25, 0.3) is 6.08 Å². The highest BCUT2D eigenvalue weighted by atomic mass is 79.9. The van der Waals surface area contributed by atoms with Crippen LogP contribution in [-0.2, 0) is 9.53 Å². The predicted octanol–water partition coefficient (Wildman–Crippen LogP) is 4.63. The molecule has 0 fully saturated rings. The van der Waals surface area contributed by atoms with Gasteiger partial charge in [-0.2, -0.15) is 0 Å². The van der Waals surface area contributed by atoms with E-state index in [1.807, 2.05) is 11.4 Å². The highest BCUT2D eigenvalue weighted by Gasteiger charge is 2.24. The van der Waals surface area contributed by atoms with E-state index in [-0.39, 0.29) is 11.6 Å². The van der Waals surface area contributed by atoms with Crippen molar-refractivity contribution in [1.82, 2.24) is 0 Å². The molecule has 112 valence electrons. The Morgan fingerprint density at radius 1 is 1.32 bits per heavy atom. The standard InChI is InChI=1S/C15H9Br2NO3S/c1-20-13-3-2-8(4-11(13)17)14-18-12(15(19)21-14)6-10-5-9(16)7-22-10/h2-7H,1H3/b12-6-. The van der Waals surface area contributed by atoms with Crippen molar-refractivity contribution in [1.29, 1.82) is 0 Å². The Hall–Kier alpha value is -1.44. The second kappa shape index (κ2) is 6.36. The van der Waals surface area contributed by atoms with Crippen molar-refractivity contribution in [3.05, 3.63) is 54.7 Å². The predicted molar refractivity (Wildman–Crippen MR) is 93.3 cm³/mol. The molecule has 0 bridgehead atoms. The van der Waals surface area contributed by atoms with E-state index in [4.69, 9.17) is 9.47 Å². The first-order valence-electron chi connectivity index (χ1n) is 6.17. The van der Waals surface area contributed by atoms with Crippen LogP contribution in [0.15, 0.2) is 49.3 Å². The lowest BCUT2D eigenvalue weighted by Crippen LogP contribution is -2.05. The van der Waals surface area contributed by atoms with Crippen LogP contribution < -0.4 is 4.74 Å². The summed E-state index contributed by atoms with van der Waals surface area (Å²) in [4.78, 5) is 17.1. The molecule has 0 atom stereocenters. The molecule has 0 unspecified atom stereocenters. The summed E-state index contributed by atoms with van der Waals surface area (Å²) in [6, 6.07) is 7.30. The molecule has 0 amide bonds. The van der Waals surface area contributed by atoms with Crippen molar-refractivity contribution in [3.63, 3.8) is 0 Å². The van der Waals surface area contributed by atoms with Crippen LogP contribution in [0.1, 0.15) is 10.4 Å². The smallest absolute Gasteiger partial charge is 0.363 e. The zero-order valence-corrected chi connectivity index (χ0v) is 15.3. The molecule has 0 aliphatic carbocycles. The van der Waals surface area contributed by atoms with E-state index < -0.39 is 5.97 Å². The van der Waals surface area contributed by atoms with E-state index >= 15 is 0 Å². The zero-order valence-electron chi connectivity index (χ0n) is 11.3. The molecular formula is C15H9Br2NO3S. The monoisotopic (exact) mass is 441 g/mol. The molecular weight excluding hydrogens is 434 g/mol. The molecule has 1 aliphatic heterocycles. The third-order valence-electron chi connectivity index (χ3n) is 2.89. The van der Waals surface area contributed by atoms with Crippen molar-refractivity contribution >= 4 is 61.1 Å². The van der Waals surface area contributed by atoms with Gasteiger partial charge in [-0.15, -0.1) is 11.3 Å². The number of benzene rings is 1. The molecule has 1 aliphatic rings. The number of thiophene rings is 1. The average Bonchev–Trinajstić information content (AvgIpc) is 3.06. The summed E-state index contributed by atoms with van der Waals surface area (Å²) in [5, 5.41) is 1.94. The van der Waals surface area contributed by atoms with Crippen LogP contribution in [0.4, 0.5) is 0 Å². The van der Waals surface area contributed by atoms with Gasteiger partial charge in [0.25, 0.3) is 0 Å². The van der Waals surface area contributed by atoms with Crippen molar-refractivity contribution < 1.29 is 14.3 Å². The summed E-state index contributed by atoms with van der Waals surface area (Å²) in [5.41, 5.74) is 0.994. The van der Waals surface area contributed by atoms with Gasteiger partial charge in [0.05, 0.1) is 11.6 Å². The van der Waals surface area contributed by atoms with Crippen molar-refractivity contribution in [2.45, 2.75) is 0 Å². The Labute approximate surface area is 147 Å². The molecule has 0 saturated carbocycles. The van der Waals surface area contributed by atoms with Crippen LogP contribution in [0.3, 0.4) is 0 Å². The fourth-order valence-corrected chi connectivity index (χ4v) is 3.78. The summed E-state index contributed by atoms with van der Waals surface area (Å²) >= 11 is 8.30. The molecule has 0 radical (unpaired) electrons. The Balaban J connectivity index is 1.93. The maximum absolute atomic E-state index is 11.9. The van der Waals surface area contributed by atoms with Gasteiger partial charge in [-0.05, 0) is 62.2 Å². The summed E-state index contributed by atoms with van der Waals surface area (Å²) in [6.07, 6.45) is 1.71. The van der Waals surface area contributed by atoms with Crippen LogP contribution >= 0.6 is 43.2 Å². The minimum absolute atomic E-state index is 0.287. The third kappa shape index (κ3) is 3.16. The van der Waals surface area contributed by atoms with Crippen LogP contribution in [0, 0.1) is 0 Å².